The second kappa shape index (κ2) is 12.9. The average Bonchev–Trinajstić information content (AvgIpc) is 3.47. The fourth-order valence-electron chi connectivity index (χ4n) is 4.16. The number of aliphatic hydroxyl groups is 1. The van der Waals surface area contributed by atoms with Crippen molar-refractivity contribution >= 4 is 17.3 Å². The van der Waals surface area contributed by atoms with Crippen LogP contribution in [0.3, 0.4) is 0 Å². The van der Waals surface area contributed by atoms with Gasteiger partial charge in [0, 0.05) is 18.7 Å². The number of aliphatic hydroxyl groups excluding tert-OH is 1. The van der Waals surface area contributed by atoms with Gasteiger partial charge in [-0.1, -0.05) is 74.0 Å². The number of phenolic OH excluding ortho intramolecular Hbond substituents is 1. The number of H-pyrrole nitrogens is 1. The fraction of sp³-hybridized carbons (Fsp3) is 0.286. The summed E-state index contributed by atoms with van der Waals surface area (Å²) in [7, 11) is 0. The largest absolute Gasteiger partial charge is 0.508 e. The highest BCUT2D eigenvalue weighted by molar-refractivity contribution is 7.80. The maximum Gasteiger partial charge on any atom is 0.205 e. The van der Waals surface area contributed by atoms with E-state index in [1.54, 1.807) is 12.1 Å². The molecule has 4 N–H and O–H groups in total. The third kappa shape index (κ3) is 7.12. The summed E-state index contributed by atoms with van der Waals surface area (Å²) in [6.45, 7) is 3.60. The van der Waals surface area contributed by atoms with Gasteiger partial charge in [0.1, 0.15) is 5.75 Å². The number of nitrogens with one attached hydrogen (secondary N) is 2. The Morgan fingerprint density at radius 3 is 2.35 bits per heavy atom. The lowest BCUT2D eigenvalue weighted by atomic mass is 9.98. The number of tetrazole rings is 1. The minimum atomic E-state index is -0.217. The van der Waals surface area contributed by atoms with E-state index in [0.29, 0.717) is 23.9 Å². The van der Waals surface area contributed by atoms with Crippen molar-refractivity contribution in [1.29, 1.82) is 0 Å². The Morgan fingerprint density at radius 1 is 1.00 bits per heavy atom. The summed E-state index contributed by atoms with van der Waals surface area (Å²) in [6.07, 6.45) is 2.68. The van der Waals surface area contributed by atoms with E-state index in [4.69, 9.17) is 12.2 Å². The molecule has 37 heavy (non-hydrogen) atoms. The third-order valence-corrected chi connectivity index (χ3v) is 6.56. The van der Waals surface area contributed by atoms with Crippen molar-refractivity contribution in [2.45, 2.75) is 38.8 Å². The van der Waals surface area contributed by atoms with Gasteiger partial charge in [-0.25, -0.2) is 0 Å². The molecular weight excluding hydrogens is 484 g/mol. The summed E-state index contributed by atoms with van der Waals surface area (Å²) in [4.78, 5) is 2.15. The number of hydrogen-bond donors (Lipinski definition) is 4. The Morgan fingerprint density at radius 2 is 1.70 bits per heavy atom. The number of phenols is 1. The van der Waals surface area contributed by atoms with E-state index in [9.17, 15) is 10.2 Å². The highest BCUT2D eigenvalue weighted by Crippen LogP contribution is 2.29. The van der Waals surface area contributed by atoms with Gasteiger partial charge < -0.3 is 20.4 Å². The Kier molecular flexibility index (Phi) is 9.18. The van der Waals surface area contributed by atoms with Crippen molar-refractivity contribution in [3.8, 4) is 28.3 Å². The van der Waals surface area contributed by atoms with E-state index >= 15 is 0 Å². The molecular formula is C28H32N6O2S. The topological polar surface area (TPSA) is 110 Å². The molecule has 0 aliphatic heterocycles. The first kappa shape index (κ1) is 26.2. The predicted molar refractivity (Wildman–Crippen MR) is 149 cm³/mol. The number of hydrogen-bond acceptors (Lipinski definition) is 6. The van der Waals surface area contributed by atoms with Crippen LogP contribution in [0.2, 0.25) is 0 Å². The van der Waals surface area contributed by atoms with Gasteiger partial charge in [0.25, 0.3) is 0 Å². The van der Waals surface area contributed by atoms with E-state index in [2.05, 4.69) is 68.1 Å². The molecule has 0 saturated heterocycles. The van der Waals surface area contributed by atoms with Crippen LogP contribution in [0.5, 0.6) is 5.75 Å². The van der Waals surface area contributed by atoms with Gasteiger partial charge in [-0.15, -0.1) is 10.2 Å². The van der Waals surface area contributed by atoms with E-state index in [1.807, 2.05) is 30.3 Å². The van der Waals surface area contributed by atoms with E-state index in [1.165, 1.54) is 0 Å². The molecule has 0 radical (unpaired) electrons. The molecule has 0 amide bonds. The Labute approximate surface area is 222 Å². The lowest BCUT2D eigenvalue weighted by Crippen LogP contribution is -2.47. The Balaban J connectivity index is 1.45. The number of aromatic nitrogens is 4. The van der Waals surface area contributed by atoms with Crippen LogP contribution in [-0.4, -0.2) is 60.0 Å². The predicted octanol–water partition coefficient (Wildman–Crippen LogP) is 4.32. The smallest absolute Gasteiger partial charge is 0.205 e. The first-order valence-corrected chi connectivity index (χ1v) is 12.8. The number of unbranched alkanes of at least 4 members (excludes halogenated alkanes) is 1. The number of aromatic hydroxyl groups is 1. The first-order valence-electron chi connectivity index (χ1n) is 12.4. The molecule has 0 spiro atoms. The Bertz CT molecular complexity index is 1260. The molecule has 3 aromatic carbocycles. The number of benzene rings is 3. The van der Waals surface area contributed by atoms with Gasteiger partial charge in [-0.05, 0) is 64.7 Å². The quantitative estimate of drug-likeness (QED) is 0.218. The molecule has 9 heteroatoms. The van der Waals surface area contributed by atoms with E-state index in [-0.39, 0.29) is 18.4 Å². The summed E-state index contributed by atoms with van der Waals surface area (Å²) >= 11 is 5.77. The number of aromatic amines is 1. The Hall–Kier alpha value is -3.82. The molecule has 0 fully saturated rings. The second-order valence-corrected chi connectivity index (χ2v) is 9.34. The molecule has 4 aromatic rings. The zero-order valence-electron chi connectivity index (χ0n) is 20.8. The molecule has 1 heterocycles. The van der Waals surface area contributed by atoms with Crippen molar-refractivity contribution < 1.29 is 10.2 Å². The molecule has 8 nitrogen and oxygen atoms in total. The summed E-state index contributed by atoms with van der Waals surface area (Å²) < 4.78 is 0. The highest BCUT2D eigenvalue weighted by atomic mass is 32.1. The van der Waals surface area contributed by atoms with Crippen molar-refractivity contribution in [3.05, 3.63) is 83.9 Å². The molecule has 1 unspecified atom stereocenters. The van der Waals surface area contributed by atoms with Gasteiger partial charge in [0.15, 0.2) is 5.11 Å². The highest BCUT2D eigenvalue weighted by Gasteiger charge is 2.16. The van der Waals surface area contributed by atoms with Crippen molar-refractivity contribution in [1.82, 2.24) is 30.8 Å². The monoisotopic (exact) mass is 516 g/mol. The van der Waals surface area contributed by atoms with Crippen LogP contribution in [0, 0.1) is 0 Å². The van der Waals surface area contributed by atoms with Crippen LogP contribution in [0.15, 0.2) is 72.8 Å². The van der Waals surface area contributed by atoms with Crippen LogP contribution in [0.25, 0.3) is 22.5 Å². The van der Waals surface area contributed by atoms with Gasteiger partial charge in [0.2, 0.25) is 5.82 Å². The molecule has 1 aromatic heterocycles. The van der Waals surface area contributed by atoms with Gasteiger partial charge >= 0.3 is 0 Å². The number of rotatable bonds is 11. The lowest BCUT2D eigenvalue weighted by Gasteiger charge is -2.29. The van der Waals surface area contributed by atoms with Crippen LogP contribution < -0.4 is 5.32 Å². The van der Waals surface area contributed by atoms with Crippen LogP contribution in [0.1, 0.15) is 30.9 Å². The molecule has 4 rings (SSSR count). The minimum absolute atomic E-state index is 0.0445. The summed E-state index contributed by atoms with van der Waals surface area (Å²) in [5.74, 6) is 0.787. The molecule has 192 valence electrons. The van der Waals surface area contributed by atoms with Gasteiger partial charge in [-0.2, -0.15) is 5.21 Å². The zero-order chi connectivity index (χ0) is 26.0. The van der Waals surface area contributed by atoms with E-state index < -0.39 is 0 Å². The van der Waals surface area contributed by atoms with Gasteiger partial charge in [-0.3, -0.25) is 0 Å². The second-order valence-electron chi connectivity index (χ2n) is 8.95. The van der Waals surface area contributed by atoms with Crippen LogP contribution in [0.4, 0.5) is 0 Å². The van der Waals surface area contributed by atoms with Crippen LogP contribution >= 0.6 is 12.2 Å². The maximum atomic E-state index is 9.96. The number of thiocarbonyl (C=S) groups is 1. The summed E-state index contributed by atoms with van der Waals surface area (Å²) in [5, 5.41) is 37.9. The van der Waals surface area contributed by atoms with E-state index in [0.717, 1.165) is 47.2 Å². The van der Waals surface area contributed by atoms with Crippen molar-refractivity contribution in [2.24, 2.45) is 0 Å². The van der Waals surface area contributed by atoms with Crippen LogP contribution in [-0.2, 0) is 13.0 Å². The number of nitrogens with zero attached hydrogens (tertiary/aromatic N) is 4. The molecule has 0 bridgehead atoms. The lowest BCUT2D eigenvalue weighted by molar-refractivity contribution is 0.250. The standard InChI is InChI=1S/C28H32N6O2S/c1-2-3-16-34(28(37)29-23(19-35)17-20-10-14-24(36)15-11-20)18-21-8-12-22(13-9-21)25-6-4-5-7-26(25)27-30-32-33-31-27/h4-15,23,35-36H,2-3,16-19H2,1H3,(H,29,37)(H,30,31,32,33). The summed E-state index contributed by atoms with van der Waals surface area (Å²) in [5.41, 5.74) is 5.18. The van der Waals surface area contributed by atoms with Crippen molar-refractivity contribution in [2.75, 3.05) is 13.2 Å². The first-order chi connectivity index (χ1) is 18.1. The molecule has 1 atom stereocenters. The zero-order valence-corrected chi connectivity index (χ0v) is 21.7. The SMILES string of the molecule is CCCCN(Cc1ccc(-c2ccccc2-c2nn[nH]n2)cc1)C(=S)NC(CO)Cc1ccc(O)cc1. The maximum absolute atomic E-state index is 9.96. The average molecular weight is 517 g/mol. The normalized spacial score (nSPS) is 11.7. The third-order valence-electron chi connectivity index (χ3n) is 6.19. The molecule has 0 aliphatic rings. The summed E-state index contributed by atoms with van der Waals surface area (Å²) in [6, 6.07) is 23.2. The van der Waals surface area contributed by atoms with Gasteiger partial charge in [0.05, 0.1) is 12.6 Å². The fourth-order valence-corrected chi connectivity index (χ4v) is 4.48. The minimum Gasteiger partial charge on any atom is -0.508 e. The molecule has 0 aliphatic carbocycles. The molecule has 0 saturated carbocycles. The van der Waals surface area contributed by atoms with Crippen molar-refractivity contribution in [3.63, 3.8) is 0 Å².